The summed E-state index contributed by atoms with van der Waals surface area (Å²) in [6.45, 7) is 7.27. The molecule has 0 bridgehead atoms. The molecule has 49 heavy (non-hydrogen) atoms. The molecule has 0 saturated carbocycles. The molecule has 6 N–H and O–H groups in total. The number of fused-ring (bicyclic) bond motifs is 3. The van der Waals surface area contributed by atoms with Crippen molar-refractivity contribution in [2.45, 2.75) is 83.7 Å². The molecule has 0 saturated heterocycles. The SMILES string of the molecule is CCOP(=O)(CO[C@@H]([C@H](C)N)[C@H](C)O[C@H](C)O[C@H]1C[C@](O)(C(=O)CO)Cc2c(O)c3c(c(O)c21)C(=O)c1c(OC)cccc1C3=O)OCC. The largest absolute Gasteiger partial charge is 0.507 e. The van der Waals surface area contributed by atoms with E-state index in [-0.39, 0.29) is 41.2 Å². The topological polar surface area (TPSA) is 231 Å². The van der Waals surface area contributed by atoms with Gasteiger partial charge in [0.1, 0.15) is 35.8 Å². The Labute approximate surface area is 283 Å². The average Bonchev–Trinajstić information content (AvgIpc) is 3.04. The number of phenolic OH excluding ortho intramolecular Hbond substituents is 2. The van der Waals surface area contributed by atoms with Crippen LogP contribution < -0.4 is 10.5 Å². The number of rotatable bonds is 16. The van der Waals surface area contributed by atoms with Gasteiger partial charge in [-0.3, -0.25) is 18.9 Å². The van der Waals surface area contributed by atoms with E-state index in [0.29, 0.717) is 0 Å². The van der Waals surface area contributed by atoms with Crippen molar-refractivity contribution in [2.24, 2.45) is 5.73 Å². The lowest BCUT2D eigenvalue weighted by Crippen LogP contribution is -2.48. The zero-order valence-corrected chi connectivity index (χ0v) is 29.2. The Morgan fingerprint density at radius 2 is 1.67 bits per heavy atom. The second kappa shape index (κ2) is 15.3. The minimum Gasteiger partial charge on any atom is -0.507 e. The molecule has 16 heteroatoms. The first-order valence-corrected chi connectivity index (χ1v) is 17.6. The van der Waals surface area contributed by atoms with Crippen molar-refractivity contribution in [1.82, 2.24) is 0 Å². The van der Waals surface area contributed by atoms with Gasteiger partial charge in [-0.05, 0) is 40.7 Å². The van der Waals surface area contributed by atoms with E-state index in [1.807, 2.05) is 0 Å². The molecule has 2 aromatic rings. The van der Waals surface area contributed by atoms with Crippen LogP contribution in [0.3, 0.4) is 0 Å². The highest BCUT2D eigenvalue weighted by Gasteiger charge is 2.49. The van der Waals surface area contributed by atoms with E-state index in [1.165, 1.54) is 32.2 Å². The lowest BCUT2D eigenvalue weighted by Gasteiger charge is -2.40. The molecule has 2 aliphatic rings. The lowest BCUT2D eigenvalue weighted by atomic mass is 9.72. The normalized spacial score (nSPS) is 21.3. The minimum absolute atomic E-state index is 0.0717. The van der Waals surface area contributed by atoms with Crippen molar-refractivity contribution in [1.29, 1.82) is 0 Å². The van der Waals surface area contributed by atoms with E-state index in [4.69, 9.17) is 33.7 Å². The fourth-order valence-corrected chi connectivity index (χ4v) is 7.80. The first-order chi connectivity index (χ1) is 23.1. The molecule has 0 amide bonds. The van der Waals surface area contributed by atoms with Crippen molar-refractivity contribution in [2.75, 3.05) is 33.3 Å². The molecule has 0 heterocycles. The zero-order valence-electron chi connectivity index (χ0n) is 28.3. The van der Waals surface area contributed by atoms with E-state index in [0.717, 1.165) is 0 Å². The Morgan fingerprint density at radius 3 is 2.24 bits per heavy atom. The van der Waals surface area contributed by atoms with Crippen LogP contribution in [0, 0.1) is 0 Å². The maximum Gasteiger partial charge on any atom is 0.356 e. The van der Waals surface area contributed by atoms with Gasteiger partial charge in [0.05, 0.1) is 55.3 Å². The average molecular weight is 710 g/mol. The highest BCUT2D eigenvalue weighted by molar-refractivity contribution is 7.53. The monoisotopic (exact) mass is 709 g/mol. The number of aromatic hydroxyl groups is 2. The number of aliphatic hydroxyl groups excluding tert-OH is 1. The second-order valence-electron chi connectivity index (χ2n) is 12.0. The van der Waals surface area contributed by atoms with Crippen molar-refractivity contribution in [3.8, 4) is 17.2 Å². The summed E-state index contributed by atoms with van der Waals surface area (Å²) < 4.78 is 46.9. The molecule has 0 aromatic heterocycles. The van der Waals surface area contributed by atoms with Gasteiger partial charge in [-0.15, -0.1) is 0 Å². The summed E-state index contributed by atoms with van der Waals surface area (Å²) in [6.07, 6.45) is -5.78. The van der Waals surface area contributed by atoms with Crippen LogP contribution in [0.15, 0.2) is 18.2 Å². The lowest BCUT2D eigenvalue weighted by molar-refractivity contribution is -0.215. The molecule has 2 aromatic carbocycles. The van der Waals surface area contributed by atoms with Gasteiger partial charge in [-0.1, -0.05) is 12.1 Å². The molecule has 0 radical (unpaired) electrons. The summed E-state index contributed by atoms with van der Waals surface area (Å²) >= 11 is 0. The highest BCUT2D eigenvalue weighted by atomic mass is 31.2. The van der Waals surface area contributed by atoms with E-state index < -0.39 is 110 Å². The maximum atomic E-state index is 13.8. The summed E-state index contributed by atoms with van der Waals surface area (Å²) in [6, 6.07) is 3.70. The van der Waals surface area contributed by atoms with Crippen LogP contribution in [0.4, 0.5) is 0 Å². The van der Waals surface area contributed by atoms with Gasteiger partial charge in [0, 0.05) is 35.6 Å². The predicted molar refractivity (Wildman–Crippen MR) is 173 cm³/mol. The molecule has 270 valence electrons. The minimum atomic E-state index is -3.59. The first kappa shape index (κ1) is 38.6. The van der Waals surface area contributed by atoms with Gasteiger partial charge in [0.25, 0.3) is 0 Å². The molecule has 2 aliphatic carbocycles. The van der Waals surface area contributed by atoms with Gasteiger partial charge in [0.15, 0.2) is 17.9 Å². The van der Waals surface area contributed by atoms with Crippen LogP contribution >= 0.6 is 7.60 Å². The van der Waals surface area contributed by atoms with Crippen molar-refractivity contribution in [3.05, 3.63) is 51.6 Å². The Kier molecular flexibility index (Phi) is 12.1. The van der Waals surface area contributed by atoms with E-state index in [2.05, 4.69) is 0 Å². The number of methoxy groups -OCH3 is 1. The highest BCUT2D eigenvalue weighted by Crippen LogP contribution is 2.52. The molecule has 0 fully saturated rings. The first-order valence-electron chi connectivity index (χ1n) is 15.9. The van der Waals surface area contributed by atoms with Crippen LogP contribution in [-0.2, 0) is 39.0 Å². The van der Waals surface area contributed by atoms with Crippen LogP contribution in [0.25, 0.3) is 0 Å². The van der Waals surface area contributed by atoms with Crippen molar-refractivity contribution < 1.29 is 67.4 Å². The molecular weight excluding hydrogens is 665 g/mol. The number of ether oxygens (including phenoxy) is 4. The van der Waals surface area contributed by atoms with E-state index in [1.54, 1.807) is 27.7 Å². The molecule has 4 rings (SSSR count). The van der Waals surface area contributed by atoms with Crippen LogP contribution in [-0.4, -0.2) is 101 Å². The van der Waals surface area contributed by atoms with Gasteiger partial charge in [0.2, 0.25) is 5.78 Å². The van der Waals surface area contributed by atoms with Gasteiger partial charge in [-0.2, -0.15) is 0 Å². The third-order valence-electron chi connectivity index (χ3n) is 8.56. The second-order valence-corrected chi connectivity index (χ2v) is 14.0. The smallest absolute Gasteiger partial charge is 0.356 e. The summed E-state index contributed by atoms with van der Waals surface area (Å²) in [5.74, 6) is -3.93. The van der Waals surface area contributed by atoms with Crippen LogP contribution in [0.1, 0.15) is 90.1 Å². The quantitative estimate of drug-likeness (QED) is 0.0818. The predicted octanol–water partition coefficient (Wildman–Crippen LogP) is 2.89. The number of ketones is 3. The Bertz CT molecular complexity index is 1630. The van der Waals surface area contributed by atoms with Crippen LogP contribution in [0.2, 0.25) is 0 Å². The number of aliphatic hydroxyl groups is 2. The number of hydrogen-bond donors (Lipinski definition) is 5. The van der Waals surface area contributed by atoms with Crippen LogP contribution in [0.5, 0.6) is 17.2 Å². The standard InChI is InChI=1S/C33H44NO14P/c1-7-45-49(42,46-8-2)15-44-32(16(3)34)17(4)47-18(5)48-22-13-33(41,23(36)14-35)12-20-25(22)31(40)27-26(29(20)38)28(37)19-10-9-11-21(43-6)24(19)30(27)39/h9-11,16-18,22,32,35,38,40-41H,7-8,12-15,34H2,1-6H3/t16-,17-,18-,22-,32-,33-/m0/s1. The molecule has 0 spiro atoms. The molecular formula is C33H44NO14P. The number of phenols is 2. The summed E-state index contributed by atoms with van der Waals surface area (Å²) in [7, 11) is -2.27. The fourth-order valence-electron chi connectivity index (χ4n) is 6.43. The van der Waals surface area contributed by atoms with Gasteiger partial charge >= 0.3 is 7.60 Å². The molecule has 6 atom stereocenters. The molecule has 15 nitrogen and oxygen atoms in total. The number of nitrogens with two attached hydrogens (primary N) is 1. The summed E-state index contributed by atoms with van der Waals surface area (Å²) in [5, 5.41) is 44.3. The molecule has 0 aliphatic heterocycles. The summed E-state index contributed by atoms with van der Waals surface area (Å²) in [5.41, 5.74) is 2.32. The third kappa shape index (κ3) is 7.46. The number of carbonyl (C=O) groups excluding carboxylic acids is 3. The number of carbonyl (C=O) groups is 3. The van der Waals surface area contributed by atoms with Gasteiger partial charge in [-0.25, -0.2) is 0 Å². The third-order valence-corrected chi connectivity index (χ3v) is 10.3. The van der Waals surface area contributed by atoms with Crippen molar-refractivity contribution in [3.63, 3.8) is 0 Å². The Hall–Kier alpha value is -3.24. The maximum absolute atomic E-state index is 13.8. The zero-order chi connectivity index (χ0) is 36.4. The number of benzene rings is 2. The number of Topliss-reactive ketones (excluding diaryl/α,β-unsaturated/α-hetero) is 1. The molecule has 0 unspecified atom stereocenters. The van der Waals surface area contributed by atoms with E-state index >= 15 is 0 Å². The van der Waals surface area contributed by atoms with Gasteiger partial charge < -0.3 is 54.2 Å². The Morgan fingerprint density at radius 1 is 1.04 bits per heavy atom. The van der Waals surface area contributed by atoms with Crippen molar-refractivity contribution >= 4 is 24.9 Å². The Balaban J connectivity index is 1.71. The number of hydrogen-bond acceptors (Lipinski definition) is 15. The van der Waals surface area contributed by atoms with E-state index in [9.17, 15) is 39.4 Å². The fraction of sp³-hybridized carbons (Fsp3) is 0.545. The summed E-state index contributed by atoms with van der Waals surface area (Å²) in [4.78, 5) is 40.3.